The number of benzene rings is 3. The van der Waals surface area contributed by atoms with Crippen LogP contribution in [0.5, 0.6) is 5.75 Å². The molecule has 4 rings (SSSR count). The highest BCUT2D eigenvalue weighted by atomic mass is 16.3. The third-order valence-electron chi connectivity index (χ3n) is 4.97. The molecule has 0 saturated carbocycles. The monoisotopic (exact) mass is 346 g/mol. The number of rotatable bonds is 4. The highest BCUT2D eigenvalue weighted by Crippen LogP contribution is 2.25. The minimum absolute atomic E-state index is 0.0281. The fraction of sp³-hybridized carbons (Fsp3) is 0.227. The van der Waals surface area contributed by atoms with Gasteiger partial charge in [-0.2, -0.15) is 0 Å². The highest BCUT2D eigenvalue weighted by molar-refractivity contribution is 6.01. The van der Waals surface area contributed by atoms with Gasteiger partial charge in [0.15, 0.2) is 0 Å². The molecule has 1 unspecified atom stereocenters. The Morgan fingerprint density at radius 2 is 1.73 bits per heavy atom. The average molecular weight is 346 g/mol. The molecule has 132 valence electrons. The van der Waals surface area contributed by atoms with Crippen molar-refractivity contribution in [2.75, 3.05) is 13.1 Å². The van der Waals surface area contributed by atoms with Crippen molar-refractivity contribution in [2.45, 2.75) is 19.0 Å². The quantitative estimate of drug-likeness (QED) is 0.760. The number of carbonyl (C=O) groups excluding carboxylic acids is 1. The van der Waals surface area contributed by atoms with E-state index in [0.29, 0.717) is 5.56 Å². The van der Waals surface area contributed by atoms with Crippen molar-refractivity contribution in [3.8, 4) is 5.75 Å². The molecule has 1 aliphatic heterocycles. The van der Waals surface area contributed by atoms with Crippen molar-refractivity contribution in [2.24, 2.45) is 0 Å². The first-order valence-electron chi connectivity index (χ1n) is 8.98. The molecule has 1 saturated heterocycles. The van der Waals surface area contributed by atoms with Crippen LogP contribution in [0.2, 0.25) is 0 Å². The van der Waals surface area contributed by atoms with E-state index < -0.39 is 0 Å². The number of nitrogens with one attached hydrogen (secondary N) is 1. The molecule has 1 heterocycles. The number of nitrogens with zero attached hydrogens (tertiary/aromatic N) is 1. The van der Waals surface area contributed by atoms with Gasteiger partial charge in [0.05, 0.1) is 5.56 Å². The first-order valence-corrected chi connectivity index (χ1v) is 8.98. The SMILES string of the molecule is O=C(NC1CCN(Cc2ccccc2)C1)c1cc2ccccc2cc1O. The van der Waals surface area contributed by atoms with Gasteiger partial charge in [0.1, 0.15) is 5.75 Å². The Kier molecular flexibility index (Phi) is 4.59. The van der Waals surface area contributed by atoms with Crippen LogP contribution in [-0.2, 0) is 6.54 Å². The Hall–Kier alpha value is -2.85. The molecule has 0 spiro atoms. The molecule has 26 heavy (non-hydrogen) atoms. The second-order valence-corrected chi connectivity index (χ2v) is 6.90. The van der Waals surface area contributed by atoms with Crippen LogP contribution >= 0.6 is 0 Å². The lowest BCUT2D eigenvalue weighted by atomic mass is 10.0. The van der Waals surface area contributed by atoms with E-state index in [2.05, 4.69) is 22.3 Å². The van der Waals surface area contributed by atoms with E-state index >= 15 is 0 Å². The Balaban J connectivity index is 1.42. The van der Waals surface area contributed by atoms with Crippen molar-refractivity contribution >= 4 is 16.7 Å². The van der Waals surface area contributed by atoms with Crippen LogP contribution in [0, 0.1) is 0 Å². The first kappa shape index (κ1) is 16.6. The minimum Gasteiger partial charge on any atom is -0.507 e. The van der Waals surface area contributed by atoms with E-state index in [9.17, 15) is 9.90 Å². The number of hydrogen-bond donors (Lipinski definition) is 2. The Labute approximate surface area is 153 Å². The zero-order chi connectivity index (χ0) is 17.9. The fourth-order valence-corrected chi connectivity index (χ4v) is 3.61. The van der Waals surface area contributed by atoms with Gasteiger partial charge in [-0.05, 0) is 34.9 Å². The minimum atomic E-state index is -0.209. The van der Waals surface area contributed by atoms with Crippen molar-refractivity contribution in [1.82, 2.24) is 10.2 Å². The van der Waals surface area contributed by atoms with E-state index in [0.717, 1.165) is 36.8 Å². The van der Waals surface area contributed by atoms with Crippen molar-refractivity contribution in [3.05, 3.63) is 77.9 Å². The van der Waals surface area contributed by atoms with Crippen LogP contribution in [0.4, 0.5) is 0 Å². The molecule has 0 aliphatic carbocycles. The Morgan fingerprint density at radius 1 is 1.04 bits per heavy atom. The van der Waals surface area contributed by atoms with Gasteiger partial charge in [0.25, 0.3) is 5.91 Å². The van der Waals surface area contributed by atoms with Crippen LogP contribution in [0.3, 0.4) is 0 Å². The average Bonchev–Trinajstić information content (AvgIpc) is 3.08. The predicted molar refractivity (Wildman–Crippen MR) is 103 cm³/mol. The Bertz CT molecular complexity index is 924. The van der Waals surface area contributed by atoms with Crippen LogP contribution in [0.1, 0.15) is 22.3 Å². The molecule has 1 aliphatic rings. The van der Waals surface area contributed by atoms with Crippen LogP contribution in [0.15, 0.2) is 66.7 Å². The van der Waals surface area contributed by atoms with Crippen molar-refractivity contribution in [1.29, 1.82) is 0 Å². The largest absolute Gasteiger partial charge is 0.507 e. The zero-order valence-electron chi connectivity index (χ0n) is 14.6. The fourth-order valence-electron chi connectivity index (χ4n) is 3.61. The molecule has 2 N–H and O–H groups in total. The standard InChI is InChI=1S/C22H22N2O2/c25-21-13-18-9-5-4-8-17(18)12-20(21)22(26)23-19-10-11-24(15-19)14-16-6-2-1-3-7-16/h1-9,12-13,19,25H,10-11,14-15H2,(H,23,26). The van der Waals surface area contributed by atoms with Crippen LogP contribution in [-0.4, -0.2) is 35.0 Å². The molecule has 0 aromatic heterocycles. The van der Waals surface area contributed by atoms with Gasteiger partial charge in [-0.3, -0.25) is 9.69 Å². The number of phenols is 1. The van der Waals surface area contributed by atoms with Gasteiger partial charge in [0, 0.05) is 25.7 Å². The van der Waals surface area contributed by atoms with Crippen LogP contribution < -0.4 is 5.32 Å². The van der Waals surface area contributed by atoms with E-state index in [1.165, 1.54) is 5.56 Å². The summed E-state index contributed by atoms with van der Waals surface area (Å²) in [6.07, 6.45) is 0.924. The maximum Gasteiger partial charge on any atom is 0.255 e. The van der Waals surface area contributed by atoms with Gasteiger partial charge in [-0.25, -0.2) is 0 Å². The lowest BCUT2D eigenvalue weighted by Crippen LogP contribution is -2.37. The Morgan fingerprint density at radius 3 is 2.50 bits per heavy atom. The molecular formula is C22H22N2O2. The highest BCUT2D eigenvalue weighted by Gasteiger charge is 2.25. The molecule has 1 amide bonds. The predicted octanol–water partition coefficient (Wildman–Crippen LogP) is 3.55. The van der Waals surface area contributed by atoms with Crippen molar-refractivity contribution in [3.63, 3.8) is 0 Å². The molecule has 4 heteroatoms. The second kappa shape index (κ2) is 7.18. The smallest absolute Gasteiger partial charge is 0.255 e. The van der Waals surface area contributed by atoms with Crippen molar-refractivity contribution < 1.29 is 9.90 Å². The number of carbonyl (C=O) groups is 1. The zero-order valence-corrected chi connectivity index (χ0v) is 14.6. The number of fused-ring (bicyclic) bond motifs is 1. The third kappa shape index (κ3) is 3.55. The maximum atomic E-state index is 12.6. The summed E-state index contributed by atoms with van der Waals surface area (Å²) in [4.78, 5) is 15.0. The topological polar surface area (TPSA) is 52.6 Å². The molecule has 3 aromatic carbocycles. The lowest BCUT2D eigenvalue weighted by Gasteiger charge is -2.17. The molecule has 0 bridgehead atoms. The molecular weight excluding hydrogens is 324 g/mol. The first-order chi connectivity index (χ1) is 12.7. The summed E-state index contributed by atoms with van der Waals surface area (Å²) in [5.41, 5.74) is 1.62. The number of hydrogen-bond acceptors (Lipinski definition) is 3. The van der Waals surface area contributed by atoms with E-state index in [1.54, 1.807) is 12.1 Å². The normalized spacial score (nSPS) is 17.5. The second-order valence-electron chi connectivity index (χ2n) is 6.90. The third-order valence-corrected chi connectivity index (χ3v) is 4.97. The van der Waals surface area contributed by atoms with Crippen LogP contribution in [0.25, 0.3) is 10.8 Å². The van der Waals surface area contributed by atoms with Gasteiger partial charge < -0.3 is 10.4 Å². The molecule has 1 atom stereocenters. The lowest BCUT2D eigenvalue weighted by molar-refractivity contribution is 0.0935. The molecule has 3 aromatic rings. The number of phenolic OH excluding ortho intramolecular Hbond substituents is 1. The molecule has 0 radical (unpaired) electrons. The summed E-state index contributed by atoms with van der Waals surface area (Å²) in [5.74, 6) is -0.180. The van der Waals surface area contributed by atoms with E-state index in [-0.39, 0.29) is 17.7 Å². The number of aromatic hydroxyl groups is 1. The summed E-state index contributed by atoms with van der Waals surface area (Å²) in [5, 5.41) is 15.2. The van der Waals surface area contributed by atoms with Gasteiger partial charge in [-0.15, -0.1) is 0 Å². The summed E-state index contributed by atoms with van der Waals surface area (Å²) < 4.78 is 0. The molecule has 4 nitrogen and oxygen atoms in total. The molecule has 1 fully saturated rings. The van der Waals surface area contributed by atoms with Gasteiger partial charge >= 0.3 is 0 Å². The number of amides is 1. The summed E-state index contributed by atoms with van der Waals surface area (Å²) in [6, 6.07) is 21.6. The maximum absolute atomic E-state index is 12.6. The summed E-state index contributed by atoms with van der Waals surface area (Å²) in [7, 11) is 0. The van der Waals surface area contributed by atoms with E-state index in [4.69, 9.17) is 0 Å². The van der Waals surface area contributed by atoms with Gasteiger partial charge in [-0.1, -0.05) is 54.6 Å². The van der Waals surface area contributed by atoms with E-state index in [1.807, 2.05) is 42.5 Å². The summed E-state index contributed by atoms with van der Waals surface area (Å²) in [6.45, 7) is 2.69. The van der Waals surface area contributed by atoms with Gasteiger partial charge in [0.2, 0.25) is 0 Å². The number of likely N-dealkylation sites (tertiary alicyclic amines) is 1. The summed E-state index contributed by atoms with van der Waals surface area (Å²) >= 11 is 0.